The maximum atomic E-state index is 9.82. The molecule has 3 nitrogen and oxygen atoms in total. The van der Waals surface area contributed by atoms with E-state index in [1.165, 1.54) is 51.6 Å². The molecule has 0 bridgehead atoms. The van der Waals surface area contributed by atoms with Gasteiger partial charge in [-0.25, -0.2) is 0 Å². The van der Waals surface area contributed by atoms with Gasteiger partial charge >= 0.3 is 0 Å². The van der Waals surface area contributed by atoms with Gasteiger partial charge in [-0.2, -0.15) is 0 Å². The number of nitrogens with one attached hydrogen (secondary N) is 1. The lowest BCUT2D eigenvalue weighted by molar-refractivity contribution is 0.0472. The predicted octanol–water partition coefficient (Wildman–Crippen LogP) is 2.25. The predicted molar refractivity (Wildman–Crippen MR) is 80.3 cm³/mol. The molecule has 1 saturated carbocycles. The van der Waals surface area contributed by atoms with E-state index in [0.717, 1.165) is 6.54 Å². The summed E-state index contributed by atoms with van der Waals surface area (Å²) in [6.45, 7) is 8.39. The monoisotopic (exact) mass is 268 g/mol. The molecule has 0 spiro atoms. The van der Waals surface area contributed by atoms with E-state index in [9.17, 15) is 5.11 Å². The zero-order valence-corrected chi connectivity index (χ0v) is 13.0. The van der Waals surface area contributed by atoms with Crippen LogP contribution in [0.5, 0.6) is 0 Å². The molecule has 1 heterocycles. The zero-order chi connectivity index (χ0) is 13.9. The van der Waals surface area contributed by atoms with Crippen LogP contribution in [0.4, 0.5) is 0 Å². The van der Waals surface area contributed by atoms with Gasteiger partial charge in [0.05, 0.1) is 12.1 Å². The third-order valence-electron chi connectivity index (χ3n) is 6.06. The van der Waals surface area contributed by atoms with E-state index in [-0.39, 0.29) is 12.1 Å². The van der Waals surface area contributed by atoms with Gasteiger partial charge in [0.2, 0.25) is 0 Å². The second-order valence-corrected chi connectivity index (χ2v) is 6.82. The zero-order valence-electron chi connectivity index (χ0n) is 13.0. The quantitative estimate of drug-likeness (QED) is 0.743. The molecule has 2 N–H and O–H groups in total. The highest BCUT2D eigenvalue weighted by atomic mass is 16.3. The van der Waals surface area contributed by atoms with Crippen LogP contribution in [-0.2, 0) is 0 Å². The van der Waals surface area contributed by atoms with Gasteiger partial charge in [-0.3, -0.25) is 0 Å². The van der Waals surface area contributed by atoms with Crippen molar-refractivity contribution in [3.63, 3.8) is 0 Å². The molecule has 1 aliphatic carbocycles. The van der Waals surface area contributed by atoms with Crippen molar-refractivity contribution in [2.45, 2.75) is 57.9 Å². The number of hydrogen-bond acceptors (Lipinski definition) is 3. The van der Waals surface area contributed by atoms with Crippen molar-refractivity contribution in [2.75, 3.05) is 33.3 Å². The summed E-state index contributed by atoms with van der Waals surface area (Å²) in [7, 11) is 2.01. The Morgan fingerprint density at radius 1 is 1.21 bits per heavy atom. The summed E-state index contributed by atoms with van der Waals surface area (Å²) in [5, 5.41) is 13.3. The first kappa shape index (κ1) is 15.3. The Bertz CT molecular complexity index is 270. The van der Waals surface area contributed by atoms with Crippen LogP contribution in [0.3, 0.4) is 0 Å². The van der Waals surface area contributed by atoms with Gasteiger partial charge in [-0.15, -0.1) is 0 Å². The normalized spacial score (nSPS) is 27.2. The van der Waals surface area contributed by atoms with Crippen LogP contribution in [0, 0.1) is 11.3 Å². The molecule has 2 fully saturated rings. The fourth-order valence-electron chi connectivity index (χ4n) is 3.85. The summed E-state index contributed by atoms with van der Waals surface area (Å²) in [6, 6.07) is 0. The summed E-state index contributed by atoms with van der Waals surface area (Å²) < 4.78 is 0. The van der Waals surface area contributed by atoms with Gasteiger partial charge in [0.1, 0.15) is 0 Å². The number of aliphatic hydroxyl groups excluding tert-OH is 1. The van der Waals surface area contributed by atoms with E-state index in [1.807, 2.05) is 7.05 Å². The van der Waals surface area contributed by atoms with E-state index < -0.39 is 0 Å². The molecule has 3 heteroatoms. The first-order valence-corrected chi connectivity index (χ1v) is 8.16. The van der Waals surface area contributed by atoms with E-state index in [4.69, 9.17) is 0 Å². The van der Waals surface area contributed by atoms with Crippen LogP contribution in [0.2, 0.25) is 0 Å². The third-order valence-corrected chi connectivity index (χ3v) is 6.06. The van der Waals surface area contributed by atoms with E-state index in [1.54, 1.807) is 0 Å². The lowest BCUT2D eigenvalue weighted by Crippen LogP contribution is -2.58. The van der Waals surface area contributed by atoms with Crippen LogP contribution in [0.1, 0.15) is 52.4 Å². The number of likely N-dealkylation sites (N-methyl/N-ethyl adjacent to an activating group) is 1. The Hall–Kier alpha value is -0.120. The highest BCUT2D eigenvalue weighted by Gasteiger charge is 2.45. The summed E-state index contributed by atoms with van der Waals surface area (Å²) in [5.41, 5.74) is 0.552. The molecule has 2 rings (SSSR count). The van der Waals surface area contributed by atoms with Crippen molar-refractivity contribution in [3.05, 3.63) is 0 Å². The molecular weight excluding hydrogens is 236 g/mol. The number of piperidine rings is 1. The minimum absolute atomic E-state index is 0.0432. The Labute approximate surface area is 118 Å². The van der Waals surface area contributed by atoms with E-state index >= 15 is 0 Å². The van der Waals surface area contributed by atoms with Crippen LogP contribution in [0.25, 0.3) is 0 Å². The average molecular weight is 268 g/mol. The second kappa shape index (κ2) is 6.11. The number of aliphatic hydroxyl groups is 1. The van der Waals surface area contributed by atoms with E-state index in [2.05, 4.69) is 24.1 Å². The molecular formula is C16H32N2O. The average Bonchev–Trinajstić information content (AvgIpc) is 3.31. The summed E-state index contributed by atoms with van der Waals surface area (Å²) in [5.74, 6) is 0.687. The Morgan fingerprint density at radius 3 is 2.16 bits per heavy atom. The summed E-state index contributed by atoms with van der Waals surface area (Å²) in [6.07, 6.45) is 7.85. The fourth-order valence-corrected chi connectivity index (χ4v) is 3.85. The molecule has 2 aliphatic rings. The lowest BCUT2D eigenvalue weighted by atomic mass is 9.74. The number of nitrogens with zero attached hydrogens (tertiary/aromatic N) is 1. The highest BCUT2D eigenvalue weighted by Crippen LogP contribution is 2.42. The van der Waals surface area contributed by atoms with Crippen molar-refractivity contribution in [2.24, 2.45) is 11.3 Å². The number of hydrogen-bond donors (Lipinski definition) is 2. The van der Waals surface area contributed by atoms with Gasteiger partial charge in [0.25, 0.3) is 0 Å². The maximum Gasteiger partial charge on any atom is 0.0628 e. The Kier molecular flexibility index (Phi) is 4.91. The summed E-state index contributed by atoms with van der Waals surface area (Å²) in [4.78, 5) is 2.58. The molecule has 0 aromatic carbocycles. The Balaban J connectivity index is 1.91. The molecule has 19 heavy (non-hydrogen) atoms. The van der Waals surface area contributed by atoms with Gasteiger partial charge in [0.15, 0.2) is 0 Å². The molecule has 1 unspecified atom stereocenters. The van der Waals surface area contributed by atoms with Gasteiger partial charge in [0, 0.05) is 6.54 Å². The lowest BCUT2D eigenvalue weighted by Gasteiger charge is -2.44. The number of likely N-dealkylation sites (tertiary alicyclic amines) is 1. The van der Waals surface area contributed by atoms with E-state index in [0.29, 0.717) is 11.3 Å². The highest BCUT2D eigenvalue weighted by molar-refractivity contribution is 5.02. The maximum absolute atomic E-state index is 9.82. The van der Waals surface area contributed by atoms with Gasteiger partial charge in [-0.1, -0.05) is 26.7 Å². The smallest absolute Gasteiger partial charge is 0.0628 e. The fraction of sp³-hybridized carbons (Fsp3) is 1.00. The van der Waals surface area contributed by atoms with Crippen molar-refractivity contribution in [3.8, 4) is 0 Å². The molecule has 1 atom stereocenters. The summed E-state index contributed by atoms with van der Waals surface area (Å²) >= 11 is 0. The molecule has 0 aromatic heterocycles. The second-order valence-electron chi connectivity index (χ2n) is 6.82. The molecule has 1 aliphatic heterocycles. The number of rotatable bonds is 7. The van der Waals surface area contributed by atoms with Gasteiger partial charge < -0.3 is 15.3 Å². The van der Waals surface area contributed by atoms with Crippen molar-refractivity contribution in [1.82, 2.24) is 10.2 Å². The first-order chi connectivity index (χ1) is 9.13. The standard InChI is InChI=1S/C16H32N2O/c1-4-15(5-2)8-10-18(11-9-15)12-16(13-19,17-3)14-6-7-14/h14,17,19H,4-13H2,1-3H3. The molecule has 0 amide bonds. The molecule has 0 radical (unpaired) electrons. The van der Waals surface area contributed by atoms with Crippen molar-refractivity contribution < 1.29 is 5.11 Å². The molecule has 112 valence electrons. The molecule has 1 saturated heterocycles. The van der Waals surface area contributed by atoms with Crippen LogP contribution >= 0.6 is 0 Å². The van der Waals surface area contributed by atoms with Crippen molar-refractivity contribution in [1.29, 1.82) is 0 Å². The van der Waals surface area contributed by atoms with Crippen LogP contribution in [0.15, 0.2) is 0 Å². The van der Waals surface area contributed by atoms with Crippen molar-refractivity contribution >= 4 is 0 Å². The topological polar surface area (TPSA) is 35.5 Å². The van der Waals surface area contributed by atoms with Crippen LogP contribution in [-0.4, -0.2) is 48.8 Å². The largest absolute Gasteiger partial charge is 0.394 e. The Morgan fingerprint density at radius 2 is 1.79 bits per heavy atom. The van der Waals surface area contributed by atoms with Crippen LogP contribution < -0.4 is 5.32 Å². The SMILES string of the molecule is CCC1(CC)CCN(CC(CO)(NC)C2CC2)CC1. The molecule has 0 aromatic rings. The minimum Gasteiger partial charge on any atom is -0.394 e. The minimum atomic E-state index is -0.0432. The third kappa shape index (κ3) is 3.14. The van der Waals surface area contributed by atoms with Gasteiger partial charge in [-0.05, 0) is 57.2 Å². The first-order valence-electron chi connectivity index (χ1n) is 8.16.